The van der Waals surface area contributed by atoms with E-state index in [0.29, 0.717) is 16.7 Å². The highest BCUT2D eigenvalue weighted by molar-refractivity contribution is 6.31. The fourth-order valence-electron chi connectivity index (χ4n) is 4.19. The van der Waals surface area contributed by atoms with Crippen LogP contribution in [0, 0.1) is 5.82 Å². The van der Waals surface area contributed by atoms with Gasteiger partial charge in [0, 0.05) is 23.7 Å². The van der Waals surface area contributed by atoms with E-state index in [1.165, 1.54) is 0 Å². The van der Waals surface area contributed by atoms with E-state index in [4.69, 9.17) is 11.6 Å². The van der Waals surface area contributed by atoms with Gasteiger partial charge in [0.05, 0.1) is 5.56 Å². The highest BCUT2D eigenvalue weighted by atomic mass is 35.5. The predicted molar refractivity (Wildman–Crippen MR) is 140 cm³/mol. The van der Waals surface area contributed by atoms with Crippen molar-refractivity contribution in [2.75, 3.05) is 6.54 Å². The summed E-state index contributed by atoms with van der Waals surface area (Å²) in [5.74, 6) is -1.24. The highest BCUT2D eigenvalue weighted by Gasteiger charge is 2.31. The largest absolute Gasteiger partial charge is 0.416 e. The van der Waals surface area contributed by atoms with E-state index in [1.54, 1.807) is 17.0 Å². The van der Waals surface area contributed by atoms with Crippen LogP contribution in [0.1, 0.15) is 72.3 Å². The van der Waals surface area contributed by atoms with Crippen LogP contribution >= 0.6 is 11.6 Å². The lowest BCUT2D eigenvalue weighted by atomic mass is 9.87. The van der Waals surface area contributed by atoms with Crippen molar-refractivity contribution < 1.29 is 22.4 Å². The molecule has 0 aromatic heterocycles. The minimum Gasteiger partial charge on any atom is -0.334 e. The molecular weight excluding hydrogens is 502 g/mol. The number of nitrogens with zero attached hydrogens (tertiary/aromatic N) is 1. The van der Waals surface area contributed by atoms with Crippen molar-refractivity contribution >= 4 is 17.5 Å². The van der Waals surface area contributed by atoms with Gasteiger partial charge in [-0.25, -0.2) is 4.39 Å². The molecule has 3 aromatic rings. The van der Waals surface area contributed by atoms with Gasteiger partial charge in [-0.15, -0.1) is 0 Å². The van der Waals surface area contributed by atoms with Crippen molar-refractivity contribution in [3.63, 3.8) is 0 Å². The topological polar surface area (TPSA) is 20.3 Å². The van der Waals surface area contributed by atoms with Crippen LogP contribution < -0.4 is 0 Å². The average molecular weight is 534 g/mol. The number of alkyl halides is 3. The van der Waals surface area contributed by atoms with E-state index < -0.39 is 17.6 Å². The highest BCUT2D eigenvalue weighted by Crippen LogP contribution is 2.31. The Hall–Kier alpha value is -2.86. The smallest absolute Gasteiger partial charge is 0.334 e. The third-order valence-electron chi connectivity index (χ3n) is 6.18. The van der Waals surface area contributed by atoms with Crippen molar-refractivity contribution in [2.45, 2.75) is 65.1 Å². The molecular formula is C30H32ClF4NO. The molecule has 0 saturated heterocycles. The third kappa shape index (κ3) is 8.06. The summed E-state index contributed by atoms with van der Waals surface area (Å²) in [5.41, 5.74) is 2.48. The van der Waals surface area contributed by atoms with Crippen molar-refractivity contribution in [3.8, 4) is 0 Å². The van der Waals surface area contributed by atoms with E-state index in [1.807, 2.05) is 37.3 Å². The second-order valence-corrected chi connectivity index (χ2v) is 10.8. The fourth-order valence-corrected chi connectivity index (χ4v) is 4.45. The Bertz CT molecular complexity index is 1230. The molecule has 3 rings (SSSR count). The molecule has 0 fully saturated rings. The van der Waals surface area contributed by atoms with E-state index in [0.717, 1.165) is 41.7 Å². The third-order valence-corrected chi connectivity index (χ3v) is 6.40. The maximum absolute atomic E-state index is 14.0. The SMILES string of the molecule is CCCc1cc(Cl)cc(C(=O)N(CCc2cc(F)cc(C(F)(F)F)c2)Cc2ccc(C(C)(C)C)cc2)c1. The maximum atomic E-state index is 14.0. The van der Waals surface area contributed by atoms with Crippen LogP contribution in [0.25, 0.3) is 0 Å². The Balaban J connectivity index is 1.91. The number of amides is 1. The molecule has 0 N–H and O–H groups in total. The normalized spacial score (nSPS) is 12.0. The lowest BCUT2D eigenvalue weighted by Crippen LogP contribution is -2.32. The summed E-state index contributed by atoms with van der Waals surface area (Å²) in [4.78, 5) is 15.2. The molecule has 0 radical (unpaired) electrons. The zero-order chi connectivity index (χ0) is 27.4. The second kappa shape index (κ2) is 11.7. The Kier molecular flexibility index (Phi) is 9.06. The molecule has 0 bridgehead atoms. The summed E-state index contributed by atoms with van der Waals surface area (Å²) < 4.78 is 53.5. The molecule has 0 atom stereocenters. The minimum absolute atomic E-state index is 0.0297. The quantitative estimate of drug-likeness (QED) is 0.265. The number of hydrogen-bond donors (Lipinski definition) is 0. The number of carbonyl (C=O) groups excluding carboxylic acids is 1. The van der Waals surface area contributed by atoms with Crippen LogP contribution in [0.3, 0.4) is 0 Å². The predicted octanol–water partition coefficient (Wildman–Crippen LogP) is 8.63. The Morgan fingerprint density at radius 1 is 0.838 bits per heavy atom. The number of aryl methyl sites for hydroxylation is 1. The van der Waals surface area contributed by atoms with Gasteiger partial charge in [0.1, 0.15) is 5.82 Å². The molecule has 0 aliphatic rings. The monoisotopic (exact) mass is 533 g/mol. The van der Waals surface area contributed by atoms with Crippen LogP contribution in [0.2, 0.25) is 5.02 Å². The van der Waals surface area contributed by atoms with E-state index in [2.05, 4.69) is 20.8 Å². The molecule has 37 heavy (non-hydrogen) atoms. The number of rotatable bonds is 8. The molecule has 0 unspecified atom stereocenters. The van der Waals surface area contributed by atoms with E-state index in [9.17, 15) is 22.4 Å². The summed E-state index contributed by atoms with van der Waals surface area (Å²) in [6.07, 6.45) is -2.94. The molecule has 3 aromatic carbocycles. The summed E-state index contributed by atoms with van der Waals surface area (Å²) in [7, 11) is 0. The molecule has 0 heterocycles. The lowest BCUT2D eigenvalue weighted by molar-refractivity contribution is -0.137. The average Bonchev–Trinajstić information content (AvgIpc) is 2.80. The summed E-state index contributed by atoms with van der Waals surface area (Å²) in [6.45, 7) is 8.72. The number of benzene rings is 3. The Labute approximate surface area is 221 Å². The fraction of sp³-hybridized carbons (Fsp3) is 0.367. The van der Waals surface area contributed by atoms with Crippen LogP contribution in [0.15, 0.2) is 60.7 Å². The molecule has 198 valence electrons. The zero-order valence-corrected chi connectivity index (χ0v) is 22.3. The van der Waals surface area contributed by atoms with Crippen LogP contribution in [-0.2, 0) is 31.0 Å². The van der Waals surface area contributed by atoms with Gasteiger partial charge in [0.25, 0.3) is 5.91 Å². The maximum Gasteiger partial charge on any atom is 0.416 e. The van der Waals surface area contributed by atoms with Crippen LogP contribution in [-0.4, -0.2) is 17.4 Å². The van der Waals surface area contributed by atoms with Crippen molar-refractivity contribution in [2.24, 2.45) is 0 Å². The molecule has 2 nitrogen and oxygen atoms in total. The first-order valence-corrected chi connectivity index (χ1v) is 12.7. The van der Waals surface area contributed by atoms with Crippen LogP contribution in [0.5, 0.6) is 0 Å². The first-order valence-electron chi connectivity index (χ1n) is 12.3. The molecule has 0 aliphatic carbocycles. The number of hydrogen-bond acceptors (Lipinski definition) is 1. The number of carbonyl (C=O) groups is 1. The minimum atomic E-state index is -4.66. The van der Waals surface area contributed by atoms with Crippen molar-refractivity contribution in [1.29, 1.82) is 0 Å². The second-order valence-electron chi connectivity index (χ2n) is 10.4. The summed E-state index contributed by atoms with van der Waals surface area (Å²) in [6, 6.07) is 15.6. The first kappa shape index (κ1) is 28.7. The molecule has 1 amide bonds. The lowest BCUT2D eigenvalue weighted by Gasteiger charge is -2.25. The summed E-state index contributed by atoms with van der Waals surface area (Å²) in [5, 5.41) is 0.448. The first-order chi connectivity index (χ1) is 17.3. The molecule has 0 aliphatic heterocycles. The van der Waals surface area contributed by atoms with Gasteiger partial charge in [-0.1, -0.05) is 70.0 Å². The zero-order valence-electron chi connectivity index (χ0n) is 21.6. The van der Waals surface area contributed by atoms with Gasteiger partial charge in [-0.2, -0.15) is 13.2 Å². The van der Waals surface area contributed by atoms with Gasteiger partial charge in [-0.05, 0) is 76.9 Å². The van der Waals surface area contributed by atoms with Gasteiger partial charge < -0.3 is 4.90 Å². The van der Waals surface area contributed by atoms with Gasteiger partial charge in [0.15, 0.2) is 0 Å². The summed E-state index contributed by atoms with van der Waals surface area (Å²) >= 11 is 6.29. The van der Waals surface area contributed by atoms with E-state index >= 15 is 0 Å². The molecule has 0 saturated carbocycles. The molecule has 0 spiro atoms. The van der Waals surface area contributed by atoms with E-state index in [-0.39, 0.29) is 36.4 Å². The molecule has 7 heteroatoms. The van der Waals surface area contributed by atoms with Gasteiger partial charge in [0.2, 0.25) is 0 Å². The van der Waals surface area contributed by atoms with Crippen molar-refractivity contribution in [3.05, 3.63) is 105 Å². The number of halogens is 5. The van der Waals surface area contributed by atoms with Gasteiger partial charge in [-0.3, -0.25) is 4.79 Å². The Morgan fingerprint density at radius 3 is 2.08 bits per heavy atom. The van der Waals surface area contributed by atoms with Crippen LogP contribution in [0.4, 0.5) is 17.6 Å². The Morgan fingerprint density at radius 2 is 1.49 bits per heavy atom. The van der Waals surface area contributed by atoms with Gasteiger partial charge >= 0.3 is 6.18 Å². The van der Waals surface area contributed by atoms with Crippen molar-refractivity contribution in [1.82, 2.24) is 4.90 Å². The standard InChI is InChI=1S/C30H32ClF4NO/c1-5-6-21-13-23(17-26(31)15-21)28(37)36(19-20-7-9-24(10-8-20)29(2,3)4)12-11-22-14-25(30(33,34)35)18-27(32)16-22/h7-10,13-18H,5-6,11-12,19H2,1-4H3.